The molecule has 0 spiro atoms. The third-order valence-electron chi connectivity index (χ3n) is 5.64. The number of H-pyrrole nitrogens is 1. The quantitative estimate of drug-likeness (QED) is 0.674. The molecule has 2 heterocycles. The average Bonchev–Trinajstić information content (AvgIpc) is 3.13. The molecule has 1 atom stereocenters. The Balaban J connectivity index is 1.35. The minimum atomic E-state index is -0.0218. The number of aryl methyl sites for hydroxylation is 1. The summed E-state index contributed by atoms with van der Waals surface area (Å²) in [6.07, 6.45) is 2.85. The third-order valence-corrected chi connectivity index (χ3v) is 5.64. The highest BCUT2D eigenvalue weighted by atomic mass is 16.5. The molecular formula is C24H29N3O2. The van der Waals surface area contributed by atoms with Crippen LogP contribution in [-0.4, -0.2) is 48.1 Å². The fourth-order valence-electron chi connectivity index (χ4n) is 4.00. The van der Waals surface area contributed by atoms with Crippen molar-refractivity contribution in [3.63, 3.8) is 0 Å². The van der Waals surface area contributed by atoms with Crippen molar-refractivity contribution in [2.24, 2.45) is 0 Å². The lowest BCUT2D eigenvalue weighted by Gasteiger charge is -2.26. The molecule has 1 unspecified atom stereocenters. The summed E-state index contributed by atoms with van der Waals surface area (Å²) in [5, 5.41) is 4.37. The first-order valence-corrected chi connectivity index (χ1v) is 10.4. The number of nitrogens with one attached hydrogen (secondary N) is 2. The van der Waals surface area contributed by atoms with Crippen molar-refractivity contribution in [1.29, 1.82) is 0 Å². The van der Waals surface area contributed by atoms with Crippen molar-refractivity contribution >= 4 is 16.8 Å². The van der Waals surface area contributed by atoms with E-state index in [0.29, 0.717) is 5.56 Å². The molecule has 152 valence electrons. The molecule has 1 amide bonds. The average molecular weight is 392 g/mol. The summed E-state index contributed by atoms with van der Waals surface area (Å²) in [7, 11) is 0. The van der Waals surface area contributed by atoms with Crippen LogP contribution in [0.5, 0.6) is 0 Å². The first kappa shape index (κ1) is 19.7. The van der Waals surface area contributed by atoms with Crippen LogP contribution in [-0.2, 0) is 17.7 Å². The number of para-hydroxylation sites is 1. The van der Waals surface area contributed by atoms with Crippen molar-refractivity contribution in [2.45, 2.75) is 32.9 Å². The Kier molecular flexibility index (Phi) is 5.97. The SMILES string of the molecule is Cc1cccc2c(CC(C)NC(=O)c3ccc(CN4CCOCC4)cc3)c[nH]c12. The summed E-state index contributed by atoms with van der Waals surface area (Å²) in [5.41, 5.74) is 5.58. The van der Waals surface area contributed by atoms with E-state index in [1.54, 1.807) is 0 Å². The first-order valence-electron chi connectivity index (χ1n) is 10.4. The standard InChI is InChI=1S/C24H29N3O2/c1-17-4-3-5-22-21(15-25-23(17)22)14-18(2)26-24(28)20-8-6-19(7-9-20)16-27-10-12-29-13-11-27/h3-9,15,18,25H,10-14,16H2,1-2H3,(H,26,28). The van der Waals surface area contributed by atoms with Gasteiger partial charge in [0.1, 0.15) is 0 Å². The second-order valence-corrected chi connectivity index (χ2v) is 7.98. The summed E-state index contributed by atoms with van der Waals surface area (Å²) < 4.78 is 5.40. The van der Waals surface area contributed by atoms with Crippen molar-refractivity contribution in [1.82, 2.24) is 15.2 Å². The topological polar surface area (TPSA) is 57.4 Å². The molecule has 2 N–H and O–H groups in total. The maximum Gasteiger partial charge on any atom is 0.251 e. The van der Waals surface area contributed by atoms with E-state index >= 15 is 0 Å². The van der Waals surface area contributed by atoms with E-state index in [4.69, 9.17) is 4.74 Å². The van der Waals surface area contributed by atoms with Crippen LogP contribution in [0.2, 0.25) is 0 Å². The minimum absolute atomic E-state index is 0.0218. The summed E-state index contributed by atoms with van der Waals surface area (Å²) in [6.45, 7) is 8.60. The zero-order chi connectivity index (χ0) is 20.2. The molecule has 1 aliphatic rings. The van der Waals surface area contributed by atoms with Crippen LogP contribution in [0.15, 0.2) is 48.7 Å². The van der Waals surface area contributed by atoms with Gasteiger partial charge in [-0.15, -0.1) is 0 Å². The van der Waals surface area contributed by atoms with Gasteiger partial charge in [0.2, 0.25) is 0 Å². The molecule has 1 aliphatic heterocycles. The van der Waals surface area contributed by atoms with Crippen LogP contribution in [0, 0.1) is 6.92 Å². The maximum absolute atomic E-state index is 12.7. The van der Waals surface area contributed by atoms with Crippen LogP contribution >= 0.6 is 0 Å². The molecule has 2 aromatic carbocycles. The van der Waals surface area contributed by atoms with Gasteiger partial charge >= 0.3 is 0 Å². The van der Waals surface area contributed by atoms with E-state index in [0.717, 1.165) is 39.3 Å². The molecule has 3 aromatic rings. The number of carbonyl (C=O) groups excluding carboxylic acids is 1. The second-order valence-electron chi connectivity index (χ2n) is 7.98. The number of carbonyl (C=O) groups is 1. The normalized spacial score (nSPS) is 16.1. The number of amides is 1. The van der Waals surface area contributed by atoms with Gasteiger partial charge in [0.25, 0.3) is 5.91 Å². The molecule has 0 radical (unpaired) electrons. The van der Waals surface area contributed by atoms with E-state index in [2.05, 4.69) is 65.6 Å². The van der Waals surface area contributed by atoms with Gasteiger partial charge in [-0.2, -0.15) is 0 Å². The lowest BCUT2D eigenvalue weighted by molar-refractivity contribution is 0.0342. The molecule has 5 heteroatoms. The Labute approximate surface area is 172 Å². The minimum Gasteiger partial charge on any atom is -0.379 e. The lowest BCUT2D eigenvalue weighted by Crippen LogP contribution is -2.35. The number of benzene rings is 2. The Bertz CT molecular complexity index is 971. The van der Waals surface area contributed by atoms with Crippen molar-refractivity contribution in [2.75, 3.05) is 26.3 Å². The number of fused-ring (bicyclic) bond motifs is 1. The van der Waals surface area contributed by atoms with E-state index in [9.17, 15) is 4.79 Å². The Morgan fingerprint density at radius 1 is 1.17 bits per heavy atom. The van der Waals surface area contributed by atoms with Crippen LogP contribution in [0.3, 0.4) is 0 Å². The predicted octanol–water partition coefficient (Wildman–Crippen LogP) is 3.67. The Morgan fingerprint density at radius 2 is 1.93 bits per heavy atom. The number of rotatable bonds is 6. The molecule has 0 aliphatic carbocycles. The summed E-state index contributed by atoms with van der Waals surface area (Å²) in [5.74, 6) is -0.0218. The molecule has 1 fully saturated rings. The molecule has 1 aromatic heterocycles. The molecule has 29 heavy (non-hydrogen) atoms. The fraction of sp³-hybridized carbons (Fsp3) is 0.375. The van der Waals surface area contributed by atoms with E-state index in [1.807, 2.05) is 12.1 Å². The van der Waals surface area contributed by atoms with Gasteiger partial charge in [0.15, 0.2) is 0 Å². The van der Waals surface area contributed by atoms with Gasteiger partial charge in [-0.25, -0.2) is 0 Å². The van der Waals surface area contributed by atoms with Gasteiger partial charge in [0, 0.05) is 48.3 Å². The second kappa shape index (κ2) is 8.80. The number of aromatic nitrogens is 1. The summed E-state index contributed by atoms with van der Waals surface area (Å²) in [4.78, 5) is 18.4. The van der Waals surface area contributed by atoms with Crippen LogP contribution in [0.25, 0.3) is 10.9 Å². The maximum atomic E-state index is 12.7. The highest BCUT2D eigenvalue weighted by Gasteiger charge is 2.14. The van der Waals surface area contributed by atoms with Gasteiger partial charge < -0.3 is 15.0 Å². The zero-order valence-corrected chi connectivity index (χ0v) is 17.2. The fourth-order valence-corrected chi connectivity index (χ4v) is 4.00. The number of aromatic amines is 1. The summed E-state index contributed by atoms with van der Waals surface area (Å²) in [6, 6.07) is 14.3. The first-order chi connectivity index (χ1) is 14.1. The number of ether oxygens (including phenoxy) is 1. The van der Waals surface area contributed by atoms with Crippen molar-refractivity contribution in [3.05, 3.63) is 70.9 Å². The van der Waals surface area contributed by atoms with E-state index in [-0.39, 0.29) is 11.9 Å². The zero-order valence-electron chi connectivity index (χ0n) is 17.2. The van der Waals surface area contributed by atoms with Gasteiger partial charge in [0.05, 0.1) is 13.2 Å². The number of morpholine rings is 1. The third kappa shape index (κ3) is 4.69. The molecule has 5 nitrogen and oxygen atoms in total. The van der Waals surface area contributed by atoms with Gasteiger partial charge in [-0.05, 0) is 49.1 Å². The van der Waals surface area contributed by atoms with E-state index in [1.165, 1.54) is 27.6 Å². The molecule has 0 bridgehead atoms. The lowest BCUT2D eigenvalue weighted by atomic mass is 10.0. The molecule has 4 rings (SSSR count). The van der Waals surface area contributed by atoms with E-state index < -0.39 is 0 Å². The van der Waals surface area contributed by atoms with Crippen molar-refractivity contribution in [3.8, 4) is 0 Å². The highest BCUT2D eigenvalue weighted by molar-refractivity contribution is 5.94. The van der Waals surface area contributed by atoms with Crippen LogP contribution < -0.4 is 5.32 Å². The Morgan fingerprint density at radius 3 is 2.69 bits per heavy atom. The number of hydrogen-bond acceptors (Lipinski definition) is 3. The number of hydrogen-bond donors (Lipinski definition) is 2. The van der Waals surface area contributed by atoms with Crippen molar-refractivity contribution < 1.29 is 9.53 Å². The molecular weight excluding hydrogens is 362 g/mol. The Hall–Kier alpha value is -2.63. The summed E-state index contributed by atoms with van der Waals surface area (Å²) >= 11 is 0. The predicted molar refractivity (Wildman–Crippen MR) is 116 cm³/mol. The van der Waals surface area contributed by atoms with Gasteiger partial charge in [-0.3, -0.25) is 9.69 Å². The van der Waals surface area contributed by atoms with Crippen LogP contribution in [0.4, 0.5) is 0 Å². The monoisotopic (exact) mass is 391 g/mol. The highest BCUT2D eigenvalue weighted by Crippen LogP contribution is 2.22. The van der Waals surface area contributed by atoms with Crippen LogP contribution in [0.1, 0.15) is 34.0 Å². The largest absolute Gasteiger partial charge is 0.379 e. The number of nitrogens with zero attached hydrogens (tertiary/aromatic N) is 1. The smallest absolute Gasteiger partial charge is 0.251 e. The van der Waals surface area contributed by atoms with Gasteiger partial charge in [-0.1, -0.05) is 30.3 Å². The molecule has 1 saturated heterocycles. The molecule has 0 saturated carbocycles.